The maximum Gasteiger partial charge on any atom is 0.352 e. The Hall–Kier alpha value is -3.60. The number of carbonyl (C=O) groups is 2. The maximum atomic E-state index is 12.3. The zero-order chi connectivity index (χ0) is 20.6. The molecule has 0 bridgehead atoms. The van der Waals surface area contributed by atoms with E-state index in [0.29, 0.717) is 22.7 Å². The molecule has 1 unspecified atom stereocenters. The highest BCUT2D eigenvalue weighted by Gasteiger charge is 2.18. The Morgan fingerprint density at radius 2 is 1.62 bits per heavy atom. The monoisotopic (exact) mass is 389 g/mol. The van der Waals surface area contributed by atoms with Gasteiger partial charge in [-0.1, -0.05) is 37.3 Å². The van der Waals surface area contributed by atoms with Crippen LogP contribution in [-0.4, -0.2) is 18.0 Å². The SMILES string of the molecule is CCc1cccc(OC(C)C(=O)Oc2ccc(C(=O)Nc3ccccc3)cc2)c1. The van der Waals surface area contributed by atoms with Crippen molar-refractivity contribution in [3.8, 4) is 11.5 Å². The number of hydrogen-bond acceptors (Lipinski definition) is 4. The molecule has 3 rings (SSSR count). The van der Waals surface area contributed by atoms with Crippen LogP contribution in [0.1, 0.15) is 29.8 Å². The zero-order valence-electron chi connectivity index (χ0n) is 16.4. The van der Waals surface area contributed by atoms with Gasteiger partial charge in [0.05, 0.1) is 0 Å². The van der Waals surface area contributed by atoms with Gasteiger partial charge in [-0.05, 0) is 67.4 Å². The molecule has 148 valence electrons. The molecule has 0 aliphatic heterocycles. The van der Waals surface area contributed by atoms with Gasteiger partial charge in [0.25, 0.3) is 5.91 Å². The van der Waals surface area contributed by atoms with Crippen LogP contribution in [-0.2, 0) is 11.2 Å². The number of para-hydroxylation sites is 1. The van der Waals surface area contributed by atoms with E-state index in [0.717, 1.165) is 12.0 Å². The number of nitrogens with one attached hydrogen (secondary N) is 1. The van der Waals surface area contributed by atoms with E-state index in [1.807, 2.05) is 54.6 Å². The largest absolute Gasteiger partial charge is 0.479 e. The van der Waals surface area contributed by atoms with E-state index in [9.17, 15) is 9.59 Å². The van der Waals surface area contributed by atoms with Crippen LogP contribution in [0, 0.1) is 0 Å². The van der Waals surface area contributed by atoms with Crippen molar-refractivity contribution >= 4 is 17.6 Å². The van der Waals surface area contributed by atoms with Gasteiger partial charge >= 0.3 is 5.97 Å². The van der Waals surface area contributed by atoms with Crippen LogP contribution in [0.15, 0.2) is 78.9 Å². The van der Waals surface area contributed by atoms with Crippen LogP contribution in [0.25, 0.3) is 0 Å². The molecule has 3 aromatic carbocycles. The Balaban J connectivity index is 1.57. The summed E-state index contributed by atoms with van der Waals surface area (Å²) in [6.07, 6.45) is 0.128. The molecule has 0 fully saturated rings. The molecule has 29 heavy (non-hydrogen) atoms. The Bertz CT molecular complexity index is 968. The smallest absolute Gasteiger partial charge is 0.352 e. The molecule has 0 spiro atoms. The number of ether oxygens (including phenoxy) is 2. The first-order valence-corrected chi connectivity index (χ1v) is 9.49. The number of hydrogen-bond donors (Lipinski definition) is 1. The Morgan fingerprint density at radius 3 is 2.31 bits per heavy atom. The Labute approximate surface area is 170 Å². The van der Waals surface area contributed by atoms with Crippen LogP contribution < -0.4 is 14.8 Å². The zero-order valence-corrected chi connectivity index (χ0v) is 16.4. The molecule has 0 saturated carbocycles. The van der Waals surface area contributed by atoms with Gasteiger partial charge in [-0.15, -0.1) is 0 Å². The second kappa shape index (κ2) is 9.55. The van der Waals surface area contributed by atoms with Gasteiger partial charge in [-0.2, -0.15) is 0 Å². The summed E-state index contributed by atoms with van der Waals surface area (Å²) in [5.41, 5.74) is 2.31. The summed E-state index contributed by atoms with van der Waals surface area (Å²) in [6.45, 7) is 3.70. The fraction of sp³-hybridized carbons (Fsp3) is 0.167. The molecular weight excluding hydrogens is 366 g/mol. The molecule has 1 amide bonds. The molecule has 0 saturated heterocycles. The highest BCUT2D eigenvalue weighted by Crippen LogP contribution is 2.18. The predicted molar refractivity (Wildman–Crippen MR) is 112 cm³/mol. The quantitative estimate of drug-likeness (QED) is 0.462. The normalized spacial score (nSPS) is 11.4. The lowest BCUT2D eigenvalue weighted by Crippen LogP contribution is -2.28. The third-order valence-electron chi connectivity index (χ3n) is 4.32. The average molecular weight is 389 g/mol. The minimum Gasteiger partial charge on any atom is -0.479 e. The lowest BCUT2D eigenvalue weighted by molar-refractivity contribution is -0.141. The van der Waals surface area contributed by atoms with Crippen molar-refractivity contribution in [1.29, 1.82) is 0 Å². The number of rotatable bonds is 7. The second-order valence-corrected chi connectivity index (χ2v) is 6.53. The minimum absolute atomic E-state index is 0.235. The molecule has 1 atom stereocenters. The van der Waals surface area contributed by atoms with E-state index in [1.165, 1.54) is 0 Å². The standard InChI is InChI=1S/C24H23NO4/c1-3-18-8-7-11-22(16-18)28-17(2)24(27)29-21-14-12-19(13-15-21)23(26)25-20-9-5-4-6-10-20/h4-17H,3H2,1-2H3,(H,25,26). The van der Waals surface area contributed by atoms with E-state index in [4.69, 9.17) is 9.47 Å². The van der Waals surface area contributed by atoms with Crippen molar-refractivity contribution in [3.63, 3.8) is 0 Å². The molecule has 5 nitrogen and oxygen atoms in total. The molecule has 0 heterocycles. The fourth-order valence-corrected chi connectivity index (χ4v) is 2.69. The van der Waals surface area contributed by atoms with Gasteiger partial charge in [0, 0.05) is 11.3 Å². The first-order valence-electron chi connectivity index (χ1n) is 9.49. The molecule has 0 aromatic heterocycles. The van der Waals surface area contributed by atoms with Crippen LogP contribution in [0.3, 0.4) is 0 Å². The van der Waals surface area contributed by atoms with Gasteiger partial charge in [0.2, 0.25) is 0 Å². The van der Waals surface area contributed by atoms with E-state index in [2.05, 4.69) is 12.2 Å². The summed E-state index contributed by atoms with van der Waals surface area (Å²) in [4.78, 5) is 24.6. The van der Waals surface area contributed by atoms with Gasteiger partial charge < -0.3 is 14.8 Å². The summed E-state index contributed by atoms with van der Waals surface area (Å²) < 4.78 is 11.0. The highest BCUT2D eigenvalue weighted by atomic mass is 16.6. The lowest BCUT2D eigenvalue weighted by Gasteiger charge is -2.14. The third kappa shape index (κ3) is 5.69. The van der Waals surface area contributed by atoms with Crippen molar-refractivity contribution in [2.45, 2.75) is 26.4 Å². The minimum atomic E-state index is -0.761. The van der Waals surface area contributed by atoms with Crippen molar-refractivity contribution in [1.82, 2.24) is 0 Å². The van der Waals surface area contributed by atoms with Gasteiger partial charge in [-0.3, -0.25) is 4.79 Å². The average Bonchev–Trinajstić information content (AvgIpc) is 2.75. The van der Waals surface area contributed by atoms with Gasteiger partial charge in [0.1, 0.15) is 11.5 Å². The van der Waals surface area contributed by atoms with Crippen molar-refractivity contribution < 1.29 is 19.1 Å². The van der Waals surface area contributed by atoms with E-state index >= 15 is 0 Å². The number of aryl methyl sites for hydroxylation is 1. The van der Waals surface area contributed by atoms with Gasteiger partial charge in [0.15, 0.2) is 6.10 Å². The Morgan fingerprint density at radius 1 is 0.897 bits per heavy atom. The van der Waals surface area contributed by atoms with Crippen LogP contribution >= 0.6 is 0 Å². The Kier molecular flexibility index (Phi) is 6.63. The molecular formula is C24H23NO4. The summed E-state index contributed by atoms with van der Waals surface area (Å²) in [5, 5.41) is 2.81. The van der Waals surface area contributed by atoms with E-state index in [-0.39, 0.29) is 5.91 Å². The van der Waals surface area contributed by atoms with Gasteiger partial charge in [-0.25, -0.2) is 4.79 Å². The molecule has 0 aliphatic carbocycles. The first kappa shape index (κ1) is 20.1. The lowest BCUT2D eigenvalue weighted by atomic mass is 10.2. The summed E-state index contributed by atoms with van der Waals surface area (Å²) in [7, 11) is 0. The van der Waals surface area contributed by atoms with Crippen molar-refractivity contribution in [2.24, 2.45) is 0 Å². The predicted octanol–water partition coefficient (Wildman–Crippen LogP) is 4.87. The van der Waals surface area contributed by atoms with E-state index < -0.39 is 12.1 Å². The van der Waals surface area contributed by atoms with E-state index in [1.54, 1.807) is 31.2 Å². The maximum absolute atomic E-state index is 12.3. The number of benzene rings is 3. The summed E-state index contributed by atoms with van der Waals surface area (Å²) in [5.74, 6) is 0.237. The summed E-state index contributed by atoms with van der Waals surface area (Å²) >= 11 is 0. The number of anilines is 1. The third-order valence-corrected chi connectivity index (χ3v) is 4.32. The van der Waals surface area contributed by atoms with Crippen LogP contribution in [0.4, 0.5) is 5.69 Å². The van der Waals surface area contributed by atoms with Crippen LogP contribution in [0.2, 0.25) is 0 Å². The summed E-state index contributed by atoms with van der Waals surface area (Å²) in [6, 6.07) is 23.2. The number of esters is 1. The fourth-order valence-electron chi connectivity index (χ4n) is 2.69. The second-order valence-electron chi connectivity index (χ2n) is 6.53. The molecule has 3 aromatic rings. The molecule has 5 heteroatoms. The highest BCUT2D eigenvalue weighted by molar-refractivity contribution is 6.04. The van der Waals surface area contributed by atoms with Crippen LogP contribution in [0.5, 0.6) is 11.5 Å². The molecule has 1 N–H and O–H groups in total. The first-order chi connectivity index (χ1) is 14.0. The number of carbonyl (C=O) groups excluding carboxylic acids is 2. The van der Waals surface area contributed by atoms with Crippen molar-refractivity contribution in [3.05, 3.63) is 90.0 Å². The van der Waals surface area contributed by atoms with Crippen molar-refractivity contribution in [2.75, 3.05) is 5.32 Å². The molecule has 0 aliphatic rings. The topological polar surface area (TPSA) is 64.6 Å². The number of amides is 1. The molecule has 0 radical (unpaired) electrons.